The SMILES string of the molecule is COC1(O[Si](C)(C)C)C=CC(C(=O)c2ccccc2)C([SiH](C)C)=C1. The highest BCUT2D eigenvalue weighted by molar-refractivity contribution is 6.70. The lowest BCUT2D eigenvalue weighted by molar-refractivity contribution is -0.0927. The van der Waals surface area contributed by atoms with Gasteiger partial charge >= 0.3 is 0 Å². The average Bonchev–Trinajstić information content (AvgIpc) is 2.53. The van der Waals surface area contributed by atoms with Crippen LogP contribution in [0.2, 0.25) is 32.7 Å². The van der Waals surface area contributed by atoms with Crippen LogP contribution in [0.1, 0.15) is 10.4 Å². The second-order valence-electron chi connectivity index (χ2n) is 7.51. The van der Waals surface area contributed by atoms with Crippen LogP contribution in [0.5, 0.6) is 0 Å². The van der Waals surface area contributed by atoms with E-state index in [2.05, 4.69) is 38.8 Å². The Hall–Kier alpha value is -1.28. The Bertz CT molecular complexity index is 644. The van der Waals surface area contributed by atoms with Crippen molar-refractivity contribution in [2.45, 2.75) is 38.5 Å². The van der Waals surface area contributed by atoms with E-state index in [1.165, 1.54) is 5.20 Å². The molecule has 24 heavy (non-hydrogen) atoms. The van der Waals surface area contributed by atoms with Crippen molar-refractivity contribution in [3.63, 3.8) is 0 Å². The van der Waals surface area contributed by atoms with Crippen LogP contribution < -0.4 is 0 Å². The van der Waals surface area contributed by atoms with E-state index in [-0.39, 0.29) is 11.7 Å². The van der Waals surface area contributed by atoms with Gasteiger partial charge in [-0.1, -0.05) is 54.7 Å². The lowest BCUT2D eigenvalue weighted by atomic mass is 9.91. The van der Waals surface area contributed by atoms with Crippen LogP contribution in [0.3, 0.4) is 0 Å². The molecule has 2 rings (SSSR count). The van der Waals surface area contributed by atoms with Crippen molar-refractivity contribution >= 4 is 22.9 Å². The van der Waals surface area contributed by atoms with Crippen LogP contribution in [0.4, 0.5) is 0 Å². The van der Waals surface area contributed by atoms with Gasteiger partial charge in [0.05, 0.1) is 14.7 Å². The van der Waals surface area contributed by atoms with E-state index >= 15 is 0 Å². The van der Waals surface area contributed by atoms with Crippen LogP contribution >= 0.6 is 0 Å². The van der Waals surface area contributed by atoms with Crippen molar-refractivity contribution in [1.82, 2.24) is 0 Å². The van der Waals surface area contributed by atoms with Crippen molar-refractivity contribution < 1.29 is 14.0 Å². The standard InChI is InChI=1S/C19H28O3Si2/c1-21-19(22-24(4,5)6)13-12-16(17(14-19)23(2)3)18(20)15-10-8-7-9-11-15/h7-14,16,23H,1-6H3. The van der Waals surface area contributed by atoms with Crippen molar-refractivity contribution in [2.75, 3.05) is 7.11 Å². The molecule has 0 fully saturated rings. The number of methoxy groups -OCH3 is 1. The molecule has 0 radical (unpaired) electrons. The molecule has 1 aliphatic rings. The number of hydrogen-bond acceptors (Lipinski definition) is 3. The molecule has 0 aromatic heterocycles. The maximum absolute atomic E-state index is 13.0. The Morgan fingerprint density at radius 1 is 1.17 bits per heavy atom. The van der Waals surface area contributed by atoms with Gasteiger partial charge in [0, 0.05) is 12.7 Å². The lowest BCUT2D eigenvalue weighted by Gasteiger charge is -2.38. The fourth-order valence-electron chi connectivity index (χ4n) is 2.97. The molecule has 0 saturated carbocycles. The second-order valence-corrected chi connectivity index (χ2v) is 14.9. The van der Waals surface area contributed by atoms with E-state index in [0.29, 0.717) is 0 Å². The average molecular weight is 361 g/mol. The lowest BCUT2D eigenvalue weighted by Crippen LogP contribution is -2.44. The van der Waals surface area contributed by atoms with Crippen molar-refractivity contribution in [3.05, 3.63) is 59.3 Å². The number of carbonyl (C=O) groups is 1. The second kappa shape index (κ2) is 7.31. The molecule has 2 atom stereocenters. The number of carbonyl (C=O) groups excluding carboxylic acids is 1. The molecule has 1 aromatic rings. The number of rotatable bonds is 6. The number of ether oxygens (including phenoxy) is 1. The van der Waals surface area contributed by atoms with Gasteiger partial charge in [-0.15, -0.1) is 0 Å². The summed E-state index contributed by atoms with van der Waals surface area (Å²) in [7, 11) is -1.35. The zero-order chi connectivity index (χ0) is 18.0. The highest BCUT2D eigenvalue weighted by atomic mass is 28.4. The maximum Gasteiger partial charge on any atom is 0.198 e. The summed E-state index contributed by atoms with van der Waals surface area (Å²) in [5.74, 6) is -0.880. The van der Waals surface area contributed by atoms with Gasteiger partial charge in [-0.2, -0.15) is 0 Å². The summed E-state index contributed by atoms with van der Waals surface area (Å²) >= 11 is 0. The van der Waals surface area contributed by atoms with Gasteiger partial charge in [0.15, 0.2) is 19.9 Å². The fourth-order valence-corrected chi connectivity index (χ4v) is 5.68. The van der Waals surface area contributed by atoms with Gasteiger partial charge in [-0.25, -0.2) is 0 Å². The minimum Gasteiger partial charge on any atom is -0.385 e. The van der Waals surface area contributed by atoms with Crippen LogP contribution in [-0.2, 0) is 9.16 Å². The number of benzene rings is 1. The summed E-state index contributed by atoms with van der Waals surface area (Å²) < 4.78 is 12.0. The van der Waals surface area contributed by atoms with E-state index in [1.54, 1.807) is 7.11 Å². The first-order valence-electron chi connectivity index (χ1n) is 8.44. The Labute approximate surface area is 148 Å². The third-order valence-corrected chi connectivity index (χ3v) is 6.83. The van der Waals surface area contributed by atoms with E-state index < -0.39 is 22.9 Å². The number of hydrogen-bond donors (Lipinski definition) is 0. The van der Waals surface area contributed by atoms with Gasteiger partial charge < -0.3 is 9.16 Å². The summed E-state index contributed by atoms with van der Waals surface area (Å²) in [5, 5.41) is 1.19. The summed E-state index contributed by atoms with van der Waals surface area (Å²) in [5.41, 5.74) is 0.753. The van der Waals surface area contributed by atoms with Crippen LogP contribution in [0.25, 0.3) is 0 Å². The van der Waals surface area contributed by atoms with E-state index in [0.717, 1.165) is 5.56 Å². The van der Waals surface area contributed by atoms with Gasteiger partial charge in [0.25, 0.3) is 0 Å². The third-order valence-electron chi connectivity index (χ3n) is 4.04. The molecule has 0 heterocycles. The van der Waals surface area contributed by atoms with Crippen LogP contribution in [0, 0.1) is 5.92 Å². The Balaban J connectivity index is 2.39. The molecular formula is C19H28O3Si2. The number of allylic oxidation sites excluding steroid dienone is 2. The van der Waals surface area contributed by atoms with Crippen molar-refractivity contribution in [1.29, 1.82) is 0 Å². The largest absolute Gasteiger partial charge is 0.385 e. The third kappa shape index (κ3) is 4.42. The van der Waals surface area contributed by atoms with E-state index in [1.807, 2.05) is 42.5 Å². The molecule has 3 nitrogen and oxygen atoms in total. The number of ketones is 1. The fraction of sp³-hybridized carbons (Fsp3) is 0.421. The van der Waals surface area contributed by atoms with Gasteiger partial charge in [0.2, 0.25) is 0 Å². The minimum absolute atomic E-state index is 0.150. The van der Waals surface area contributed by atoms with Crippen molar-refractivity contribution in [3.8, 4) is 0 Å². The zero-order valence-corrected chi connectivity index (χ0v) is 17.7. The quantitative estimate of drug-likeness (QED) is 0.330. The first kappa shape index (κ1) is 19.1. The molecule has 0 amide bonds. The highest BCUT2D eigenvalue weighted by Crippen LogP contribution is 2.34. The summed E-state index contributed by atoms with van der Waals surface area (Å²) in [6.45, 7) is 10.9. The monoisotopic (exact) mass is 360 g/mol. The molecule has 0 N–H and O–H groups in total. The highest BCUT2D eigenvalue weighted by Gasteiger charge is 2.38. The summed E-state index contributed by atoms with van der Waals surface area (Å²) in [4.78, 5) is 13.0. The van der Waals surface area contributed by atoms with Gasteiger partial charge in [-0.05, 0) is 31.8 Å². The Morgan fingerprint density at radius 2 is 1.79 bits per heavy atom. The Morgan fingerprint density at radius 3 is 2.29 bits per heavy atom. The van der Waals surface area contributed by atoms with Gasteiger partial charge in [-0.3, -0.25) is 4.79 Å². The number of Topliss-reactive ketones (excluding diaryl/α,β-unsaturated/α-hetero) is 1. The molecule has 0 spiro atoms. The maximum atomic E-state index is 13.0. The normalized spacial score (nSPS) is 24.1. The Kier molecular flexibility index (Phi) is 5.80. The summed E-state index contributed by atoms with van der Waals surface area (Å²) in [6.07, 6.45) is 5.95. The molecule has 1 aliphatic carbocycles. The smallest absolute Gasteiger partial charge is 0.198 e. The molecule has 0 saturated heterocycles. The first-order valence-corrected chi connectivity index (χ1v) is 14.7. The van der Waals surface area contributed by atoms with Crippen LogP contribution in [-0.4, -0.2) is 35.8 Å². The topological polar surface area (TPSA) is 35.5 Å². The molecule has 0 aliphatic heterocycles. The molecule has 0 bridgehead atoms. The zero-order valence-electron chi connectivity index (χ0n) is 15.5. The molecule has 2 unspecified atom stereocenters. The predicted molar refractivity (Wildman–Crippen MR) is 105 cm³/mol. The van der Waals surface area contributed by atoms with E-state index in [4.69, 9.17) is 9.16 Å². The molecule has 1 aromatic carbocycles. The van der Waals surface area contributed by atoms with Crippen molar-refractivity contribution in [2.24, 2.45) is 5.92 Å². The van der Waals surface area contributed by atoms with Gasteiger partial charge in [0.1, 0.15) is 0 Å². The molecule has 130 valence electrons. The minimum atomic E-state index is -1.81. The molecule has 5 heteroatoms. The summed E-state index contributed by atoms with van der Waals surface area (Å²) in [6, 6.07) is 9.51. The van der Waals surface area contributed by atoms with E-state index in [9.17, 15) is 4.79 Å². The first-order chi connectivity index (χ1) is 11.2. The van der Waals surface area contributed by atoms with Crippen LogP contribution in [0.15, 0.2) is 53.8 Å². The predicted octanol–water partition coefficient (Wildman–Crippen LogP) is 4.20. The molecular weight excluding hydrogens is 332 g/mol.